The van der Waals surface area contributed by atoms with Crippen molar-refractivity contribution in [3.63, 3.8) is 0 Å². The summed E-state index contributed by atoms with van der Waals surface area (Å²) in [6.07, 6.45) is 0.492. The highest BCUT2D eigenvalue weighted by Gasteiger charge is 2.21. The summed E-state index contributed by atoms with van der Waals surface area (Å²) in [6.45, 7) is 7.51. The summed E-state index contributed by atoms with van der Waals surface area (Å²) < 4.78 is 11.0. The van der Waals surface area contributed by atoms with Gasteiger partial charge in [-0.05, 0) is 24.7 Å². The Morgan fingerprint density at radius 3 is 2.42 bits per heavy atom. The number of Topliss-reactive ketones (excluding diaryl/α,β-unsaturated/α-hetero) is 1. The molecule has 0 aliphatic carbocycles. The zero-order valence-electron chi connectivity index (χ0n) is 14.1. The van der Waals surface area contributed by atoms with E-state index in [0.717, 1.165) is 32.7 Å². The number of benzene rings is 1. The van der Waals surface area contributed by atoms with Crippen molar-refractivity contribution in [3.05, 3.63) is 23.8 Å². The third-order valence-corrected chi connectivity index (χ3v) is 4.60. The molecule has 1 aromatic carbocycles. The van der Waals surface area contributed by atoms with Crippen LogP contribution in [0.25, 0.3) is 0 Å². The van der Waals surface area contributed by atoms with Gasteiger partial charge in [-0.15, -0.1) is 0 Å². The van der Waals surface area contributed by atoms with E-state index in [1.165, 1.54) is 0 Å². The van der Waals surface area contributed by atoms with Gasteiger partial charge in [0.1, 0.15) is 13.2 Å². The molecule has 0 unspecified atom stereocenters. The molecule has 1 saturated heterocycles. The van der Waals surface area contributed by atoms with Crippen molar-refractivity contribution in [2.45, 2.75) is 19.8 Å². The van der Waals surface area contributed by atoms with Gasteiger partial charge in [-0.3, -0.25) is 9.59 Å². The number of rotatable bonds is 5. The maximum absolute atomic E-state index is 12.3. The van der Waals surface area contributed by atoms with Gasteiger partial charge in [0.05, 0.1) is 0 Å². The number of nitrogens with zero attached hydrogens (tertiary/aromatic N) is 2. The maximum atomic E-state index is 12.3. The number of carbonyl (C=O) groups is 2. The predicted molar refractivity (Wildman–Crippen MR) is 89.7 cm³/mol. The molecular formula is C18H24N2O4. The summed E-state index contributed by atoms with van der Waals surface area (Å²) in [6, 6.07) is 5.20. The number of likely N-dealkylation sites (N-methyl/N-ethyl adjacent to an activating group) is 1. The van der Waals surface area contributed by atoms with Gasteiger partial charge < -0.3 is 19.3 Å². The first-order chi connectivity index (χ1) is 11.7. The zero-order chi connectivity index (χ0) is 16.9. The Balaban J connectivity index is 1.51. The van der Waals surface area contributed by atoms with Gasteiger partial charge >= 0.3 is 0 Å². The SMILES string of the molecule is CCN1CCN(C(=O)CCC(=O)c2ccc3c(c2)OCCO3)CC1. The molecule has 2 aliphatic heterocycles. The summed E-state index contributed by atoms with van der Waals surface area (Å²) in [5.74, 6) is 1.31. The van der Waals surface area contributed by atoms with Gasteiger partial charge in [0.25, 0.3) is 0 Å². The largest absolute Gasteiger partial charge is 0.486 e. The second kappa shape index (κ2) is 7.66. The second-order valence-corrected chi connectivity index (χ2v) is 6.10. The van der Waals surface area contributed by atoms with Crippen LogP contribution in [0.5, 0.6) is 11.5 Å². The van der Waals surface area contributed by atoms with Crippen LogP contribution in [0.4, 0.5) is 0 Å². The normalized spacial score (nSPS) is 17.6. The molecule has 0 aromatic heterocycles. The fraction of sp³-hybridized carbons (Fsp3) is 0.556. The van der Waals surface area contributed by atoms with Crippen LogP contribution in [0, 0.1) is 0 Å². The van der Waals surface area contributed by atoms with E-state index in [9.17, 15) is 9.59 Å². The van der Waals surface area contributed by atoms with Crippen LogP contribution in [-0.4, -0.2) is 67.4 Å². The van der Waals surface area contributed by atoms with E-state index in [2.05, 4.69) is 11.8 Å². The lowest BCUT2D eigenvalue weighted by atomic mass is 10.1. The van der Waals surface area contributed by atoms with E-state index in [0.29, 0.717) is 30.3 Å². The molecule has 2 aliphatic rings. The van der Waals surface area contributed by atoms with Crippen LogP contribution >= 0.6 is 0 Å². The van der Waals surface area contributed by atoms with E-state index in [4.69, 9.17) is 9.47 Å². The van der Waals surface area contributed by atoms with Crippen molar-refractivity contribution in [2.75, 3.05) is 45.9 Å². The fourth-order valence-electron chi connectivity index (χ4n) is 3.05. The first kappa shape index (κ1) is 16.8. The maximum Gasteiger partial charge on any atom is 0.223 e. The predicted octanol–water partition coefficient (Wildman–Crippen LogP) is 1.58. The summed E-state index contributed by atoms with van der Waals surface area (Å²) in [5, 5.41) is 0. The molecule has 0 radical (unpaired) electrons. The first-order valence-corrected chi connectivity index (χ1v) is 8.60. The Kier molecular flexibility index (Phi) is 5.35. The first-order valence-electron chi connectivity index (χ1n) is 8.60. The fourth-order valence-corrected chi connectivity index (χ4v) is 3.05. The number of carbonyl (C=O) groups excluding carboxylic acids is 2. The minimum atomic E-state index is -0.0347. The second-order valence-electron chi connectivity index (χ2n) is 6.10. The lowest BCUT2D eigenvalue weighted by Crippen LogP contribution is -2.48. The lowest BCUT2D eigenvalue weighted by molar-refractivity contribution is -0.132. The van der Waals surface area contributed by atoms with Crippen LogP contribution in [0.15, 0.2) is 18.2 Å². The lowest BCUT2D eigenvalue weighted by Gasteiger charge is -2.34. The summed E-state index contributed by atoms with van der Waals surface area (Å²) in [7, 11) is 0. The van der Waals surface area contributed by atoms with E-state index in [1.807, 2.05) is 4.90 Å². The Labute approximate surface area is 142 Å². The van der Waals surface area contributed by atoms with Crippen LogP contribution in [0.1, 0.15) is 30.1 Å². The smallest absolute Gasteiger partial charge is 0.223 e. The van der Waals surface area contributed by atoms with Gasteiger partial charge in [-0.2, -0.15) is 0 Å². The van der Waals surface area contributed by atoms with Crippen molar-refractivity contribution >= 4 is 11.7 Å². The molecule has 0 atom stereocenters. The molecular weight excluding hydrogens is 308 g/mol. The van der Waals surface area contributed by atoms with Crippen LogP contribution in [0.3, 0.4) is 0 Å². The number of ketones is 1. The number of fused-ring (bicyclic) bond motifs is 1. The number of piperazine rings is 1. The Morgan fingerprint density at radius 1 is 1.00 bits per heavy atom. The van der Waals surface area contributed by atoms with Crippen molar-refractivity contribution < 1.29 is 19.1 Å². The molecule has 130 valence electrons. The molecule has 0 spiro atoms. The highest BCUT2D eigenvalue weighted by atomic mass is 16.6. The number of ether oxygens (including phenoxy) is 2. The molecule has 6 heteroatoms. The Morgan fingerprint density at radius 2 is 1.71 bits per heavy atom. The summed E-state index contributed by atoms with van der Waals surface area (Å²) >= 11 is 0. The molecule has 0 saturated carbocycles. The van der Waals surface area contributed by atoms with E-state index in [1.54, 1.807) is 18.2 Å². The van der Waals surface area contributed by atoms with Gasteiger partial charge in [-0.1, -0.05) is 6.92 Å². The minimum Gasteiger partial charge on any atom is -0.486 e. The number of hydrogen-bond acceptors (Lipinski definition) is 5. The summed E-state index contributed by atoms with van der Waals surface area (Å²) in [5.41, 5.74) is 0.572. The molecule has 0 bridgehead atoms. The topological polar surface area (TPSA) is 59.1 Å². The van der Waals surface area contributed by atoms with Gasteiger partial charge in [-0.25, -0.2) is 0 Å². The van der Waals surface area contributed by atoms with Crippen molar-refractivity contribution in [2.24, 2.45) is 0 Å². The molecule has 6 nitrogen and oxygen atoms in total. The average Bonchev–Trinajstić information content (AvgIpc) is 2.65. The molecule has 1 aromatic rings. The zero-order valence-corrected chi connectivity index (χ0v) is 14.1. The molecule has 3 rings (SSSR count). The number of hydrogen-bond donors (Lipinski definition) is 0. The van der Waals surface area contributed by atoms with E-state index < -0.39 is 0 Å². The van der Waals surface area contributed by atoms with Crippen LogP contribution in [-0.2, 0) is 4.79 Å². The van der Waals surface area contributed by atoms with Gasteiger partial charge in [0, 0.05) is 44.6 Å². The quantitative estimate of drug-likeness (QED) is 0.766. The Bertz CT molecular complexity index is 609. The monoisotopic (exact) mass is 332 g/mol. The molecule has 0 N–H and O–H groups in total. The third-order valence-electron chi connectivity index (χ3n) is 4.60. The molecule has 2 heterocycles. The van der Waals surface area contributed by atoms with Crippen molar-refractivity contribution in [3.8, 4) is 11.5 Å². The molecule has 1 amide bonds. The molecule has 1 fully saturated rings. The van der Waals surface area contributed by atoms with Crippen LogP contribution < -0.4 is 9.47 Å². The van der Waals surface area contributed by atoms with E-state index >= 15 is 0 Å². The molecule has 24 heavy (non-hydrogen) atoms. The van der Waals surface area contributed by atoms with E-state index in [-0.39, 0.29) is 24.5 Å². The summed E-state index contributed by atoms with van der Waals surface area (Å²) in [4.78, 5) is 28.8. The highest BCUT2D eigenvalue weighted by molar-refractivity contribution is 5.98. The average molecular weight is 332 g/mol. The minimum absolute atomic E-state index is 0.0347. The Hall–Kier alpha value is -2.08. The van der Waals surface area contributed by atoms with Crippen molar-refractivity contribution in [1.82, 2.24) is 9.80 Å². The standard InChI is InChI=1S/C18H24N2O4/c1-2-19-7-9-20(10-8-19)18(22)6-4-15(21)14-3-5-16-17(13-14)24-12-11-23-16/h3,5,13H,2,4,6-12H2,1H3. The third kappa shape index (κ3) is 3.87. The number of amides is 1. The van der Waals surface area contributed by atoms with Crippen LogP contribution in [0.2, 0.25) is 0 Å². The van der Waals surface area contributed by atoms with Gasteiger partial charge in [0.2, 0.25) is 5.91 Å². The van der Waals surface area contributed by atoms with Gasteiger partial charge in [0.15, 0.2) is 17.3 Å². The van der Waals surface area contributed by atoms with Crippen molar-refractivity contribution in [1.29, 1.82) is 0 Å². The highest BCUT2D eigenvalue weighted by Crippen LogP contribution is 2.31.